The van der Waals surface area contributed by atoms with E-state index in [4.69, 9.17) is 0 Å². The molecule has 2 aromatic carbocycles. The molecule has 3 aromatic rings. The fourth-order valence-corrected chi connectivity index (χ4v) is 4.85. The molecular formula is C20H15FN2O2S2. The van der Waals surface area contributed by atoms with Crippen LogP contribution >= 0.6 is 23.1 Å². The molecule has 4 rings (SSSR count). The summed E-state index contributed by atoms with van der Waals surface area (Å²) in [6.07, 6.45) is 1.86. The number of hydrogen-bond donors (Lipinski definition) is 0. The maximum atomic E-state index is 13.1. The Morgan fingerprint density at radius 2 is 1.96 bits per heavy atom. The molecule has 2 heterocycles. The lowest BCUT2D eigenvalue weighted by molar-refractivity contribution is -0.126. The molecule has 1 amide bonds. The minimum atomic E-state index is -0.399. The lowest BCUT2D eigenvalue weighted by Gasteiger charge is -2.16. The Kier molecular flexibility index (Phi) is 4.80. The van der Waals surface area contributed by atoms with Crippen LogP contribution in [0.4, 0.5) is 4.39 Å². The molecule has 4 nitrogen and oxygen atoms in total. The van der Waals surface area contributed by atoms with E-state index in [0.29, 0.717) is 10.6 Å². The summed E-state index contributed by atoms with van der Waals surface area (Å²) in [6, 6.07) is 13.2. The molecule has 0 radical (unpaired) electrons. The fraction of sp³-hybridized carbons (Fsp3) is 0.150. The highest BCUT2D eigenvalue weighted by Gasteiger charge is 2.35. The van der Waals surface area contributed by atoms with Gasteiger partial charge in [-0.3, -0.25) is 14.5 Å². The number of rotatable bonds is 4. The third kappa shape index (κ3) is 3.65. The quantitative estimate of drug-likeness (QED) is 0.604. The summed E-state index contributed by atoms with van der Waals surface area (Å²) >= 11 is 2.96. The van der Waals surface area contributed by atoms with Crippen LogP contribution < -0.4 is 0 Å². The van der Waals surface area contributed by atoms with Crippen molar-refractivity contribution in [2.75, 3.05) is 6.54 Å². The van der Waals surface area contributed by atoms with Crippen LogP contribution in [0.25, 0.3) is 16.3 Å². The van der Waals surface area contributed by atoms with Crippen LogP contribution in [0.5, 0.6) is 0 Å². The number of Topliss-reactive ketones (excluding diaryl/α,β-unsaturated/α-hetero) is 1. The second-order valence-electron chi connectivity index (χ2n) is 6.12. The minimum absolute atomic E-state index is 0.0709. The Bertz CT molecular complexity index is 1030. The van der Waals surface area contributed by atoms with Gasteiger partial charge in [-0.05, 0) is 43.3 Å². The molecule has 1 unspecified atom stereocenters. The Labute approximate surface area is 163 Å². The minimum Gasteiger partial charge on any atom is -0.298 e. The number of nitrogens with zero attached hydrogens (tertiary/aromatic N) is 2. The van der Waals surface area contributed by atoms with Gasteiger partial charge >= 0.3 is 0 Å². The number of thiazole rings is 1. The van der Waals surface area contributed by atoms with Crippen LogP contribution in [0, 0.1) is 5.82 Å². The van der Waals surface area contributed by atoms with Gasteiger partial charge in [0.05, 0.1) is 27.0 Å². The van der Waals surface area contributed by atoms with Gasteiger partial charge in [0.15, 0.2) is 5.78 Å². The summed E-state index contributed by atoms with van der Waals surface area (Å²) in [7, 11) is 0. The van der Waals surface area contributed by atoms with Crippen LogP contribution in [0.3, 0.4) is 0 Å². The van der Waals surface area contributed by atoms with Crippen molar-refractivity contribution in [3.8, 4) is 0 Å². The first-order valence-electron chi connectivity index (χ1n) is 8.35. The first-order chi connectivity index (χ1) is 13.0. The predicted octanol–water partition coefficient (Wildman–Crippen LogP) is 4.58. The van der Waals surface area contributed by atoms with Crippen molar-refractivity contribution in [2.45, 2.75) is 12.2 Å². The number of fused-ring (bicyclic) bond motifs is 1. The van der Waals surface area contributed by atoms with E-state index in [0.717, 1.165) is 15.2 Å². The van der Waals surface area contributed by atoms with Gasteiger partial charge < -0.3 is 0 Å². The Morgan fingerprint density at radius 1 is 1.22 bits per heavy atom. The van der Waals surface area contributed by atoms with Crippen molar-refractivity contribution in [3.05, 3.63) is 69.9 Å². The number of thioether (sulfide) groups is 1. The van der Waals surface area contributed by atoms with E-state index in [1.165, 1.54) is 40.9 Å². The zero-order valence-corrected chi connectivity index (χ0v) is 16.0. The van der Waals surface area contributed by atoms with Crippen LogP contribution in [-0.2, 0) is 4.79 Å². The average molecular weight is 398 g/mol. The number of ketones is 1. The third-order valence-electron chi connectivity index (χ3n) is 4.20. The number of benzene rings is 2. The number of aromatic nitrogens is 1. The third-order valence-corrected chi connectivity index (χ3v) is 6.32. The fourth-order valence-electron chi connectivity index (χ4n) is 2.82. The maximum absolute atomic E-state index is 13.1. The van der Waals surface area contributed by atoms with Gasteiger partial charge in [0, 0.05) is 11.6 Å². The number of amides is 1. The second-order valence-corrected chi connectivity index (χ2v) is 8.54. The van der Waals surface area contributed by atoms with Crippen LogP contribution in [0.2, 0.25) is 0 Å². The number of halogens is 1. The highest BCUT2D eigenvalue weighted by Crippen LogP contribution is 2.37. The van der Waals surface area contributed by atoms with E-state index < -0.39 is 5.82 Å². The highest BCUT2D eigenvalue weighted by molar-refractivity contribution is 8.04. The molecule has 0 N–H and O–H groups in total. The van der Waals surface area contributed by atoms with Gasteiger partial charge in [-0.25, -0.2) is 9.37 Å². The summed E-state index contributed by atoms with van der Waals surface area (Å²) in [6.45, 7) is 1.75. The van der Waals surface area contributed by atoms with E-state index >= 15 is 0 Å². The van der Waals surface area contributed by atoms with Crippen LogP contribution in [-0.4, -0.2) is 33.4 Å². The number of carbonyl (C=O) groups is 2. The summed E-state index contributed by atoms with van der Waals surface area (Å²) in [5.41, 5.74) is 1.29. The van der Waals surface area contributed by atoms with Gasteiger partial charge in [0.2, 0.25) is 5.91 Å². The molecule has 7 heteroatoms. The summed E-state index contributed by atoms with van der Waals surface area (Å²) in [4.78, 5) is 31.1. The van der Waals surface area contributed by atoms with E-state index in [2.05, 4.69) is 4.98 Å². The molecule has 1 aliphatic heterocycles. The summed E-state index contributed by atoms with van der Waals surface area (Å²) in [5.74, 6) is -0.736. The predicted molar refractivity (Wildman–Crippen MR) is 107 cm³/mol. The standard InChI is InChI=1S/C20H15FN2O2S2/c1-12-20(25)23(11-16(24)13-6-8-14(21)9-7-13)19(26-12)10-18-22-15-4-2-3-5-17(15)27-18/h2-10,12H,11H2,1H3/b19-10-. The van der Waals surface area contributed by atoms with Crippen molar-refractivity contribution in [1.29, 1.82) is 0 Å². The van der Waals surface area contributed by atoms with Crippen molar-refractivity contribution in [2.24, 2.45) is 0 Å². The van der Waals surface area contributed by atoms with Gasteiger partial charge in [-0.2, -0.15) is 0 Å². The zero-order valence-electron chi connectivity index (χ0n) is 14.4. The second kappa shape index (κ2) is 7.25. The molecule has 0 spiro atoms. The normalized spacial score (nSPS) is 18.6. The highest BCUT2D eigenvalue weighted by atomic mass is 32.2. The molecule has 0 aliphatic carbocycles. The largest absolute Gasteiger partial charge is 0.298 e. The number of carbonyl (C=O) groups excluding carboxylic acids is 2. The number of hydrogen-bond acceptors (Lipinski definition) is 5. The van der Waals surface area contributed by atoms with Gasteiger partial charge in [-0.15, -0.1) is 11.3 Å². The molecule has 0 bridgehead atoms. The molecule has 1 aromatic heterocycles. The van der Waals surface area contributed by atoms with Crippen molar-refractivity contribution in [3.63, 3.8) is 0 Å². The van der Waals surface area contributed by atoms with Crippen molar-refractivity contribution in [1.82, 2.24) is 9.88 Å². The summed E-state index contributed by atoms with van der Waals surface area (Å²) in [5, 5.41) is 1.24. The molecule has 1 aliphatic rings. The zero-order chi connectivity index (χ0) is 19.0. The molecule has 0 saturated carbocycles. The first kappa shape index (κ1) is 17.9. The van der Waals surface area contributed by atoms with Gasteiger partial charge in [0.25, 0.3) is 0 Å². The Morgan fingerprint density at radius 3 is 2.70 bits per heavy atom. The Hall–Kier alpha value is -2.51. The van der Waals surface area contributed by atoms with E-state index in [-0.39, 0.29) is 23.5 Å². The molecule has 136 valence electrons. The first-order valence-corrected chi connectivity index (χ1v) is 10.0. The summed E-state index contributed by atoms with van der Waals surface area (Å²) < 4.78 is 14.1. The lowest BCUT2D eigenvalue weighted by atomic mass is 10.1. The van der Waals surface area contributed by atoms with Crippen molar-refractivity contribution < 1.29 is 14.0 Å². The van der Waals surface area contributed by atoms with E-state index in [9.17, 15) is 14.0 Å². The van der Waals surface area contributed by atoms with Gasteiger partial charge in [0.1, 0.15) is 10.8 Å². The molecule has 27 heavy (non-hydrogen) atoms. The molecule has 1 fully saturated rings. The molecule has 1 saturated heterocycles. The lowest BCUT2D eigenvalue weighted by Crippen LogP contribution is -2.32. The van der Waals surface area contributed by atoms with E-state index in [1.54, 1.807) is 11.3 Å². The smallest absolute Gasteiger partial charge is 0.241 e. The molecular weight excluding hydrogens is 383 g/mol. The van der Waals surface area contributed by atoms with Gasteiger partial charge in [-0.1, -0.05) is 23.9 Å². The topological polar surface area (TPSA) is 50.3 Å². The number of para-hydroxylation sites is 1. The Balaban J connectivity index is 1.61. The molecule has 1 atom stereocenters. The SMILES string of the molecule is CC1S/C(=C\c2nc3ccccc3s2)N(CC(=O)c2ccc(F)cc2)C1=O. The van der Waals surface area contributed by atoms with Crippen LogP contribution in [0.1, 0.15) is 22.3 Å². The monoisotopic (exact) mass is 398 g/mol. The average Bonchev–Trinajstić information content (AvgIpc) is 3.18. The maximum Gasteiger partial charge on any atom is 0.241 e. The van der Waals surface area contributed by atoms with E-state index in [1.807, 2.05) is 37.3 Å². The van der Waals surface area contributed by atoms with Crippen molar-refractivity contribution >= 4 is 51.1 Å². The van der Waals surface area contributed by atoms with Crippen LogP contribution in [0.15, 0.2) is 53.6 Å².